The summed E-state index contributed by atoms with van der Waals surface area (Å²) < 4.78 is 13.7. The fourth-order valence-electron chi connectivity index (χ4n) is 3.35. The Hall–Kier alpha value is -1.49. The lowest BCUT2D eigenvalue weighted by atomic mass is 9.85. The first-order valence-electron chi connectivity index (χ1n) is 7.30. The maximum Gasteiger partial charge on any atom is 0.239 e. The van der Waals surface area contributed by atoms with Crippen LogP contribution in [0.1, 0.15) is 25.3 Å². The zero-order chi connectivity index (χ0) is 14.1. The van der Waals surface area contributed by atoms with Crippen LogP contribution < -0.4 is 0 Å². The largest absolute Gasteiger partial charge is 0.341 e. The number of fused-ring (bicyclic) bond motifs is 2. The van der Waals surface area contributed by atoms with E-state index in [1.165, 1.54) is 6.20 Å². The topological polar surface area (TPSA) is 36.4 Å². The van der Waals surface area contributed by atoms with Crippen molar-refractivity contribution >= 4 is 5.91 Å². The third-order valence-corrected chi connectivity index (χ3v) is 4.51. The lowest BCUT2D eigenvalue weighted by Gasteiger charge is -2.46. The van der Waals surface area contributed by atoms with Gasteiger partial charge in [0.15, 0.2) is 0 Å². The molecule has 1 aromatic rings. The maximum atomic E-state index is 13.7. The fraction of sp³-hybridized carbons (Fsp3) is 0.600. The number of nitrogens with zero attached hydrogens (tertiary/aromatic N) is 3. The van der Waals surface area contributed by atoms with Crippen molar-refractivity contribution in [2.24, 2.45) is 5.92 Å². The van der Waals surface area contributed by atoms with Crippen LogP contribution in [0.4, 0.5) is 4.39 Å². The molecule has 1 amide bonds. The first-order chi connectivity index (χ1) is 9.69. The number of likely N-dealkylation sites (tertiary alicyclic amines) is 2. The Labute approximate surface area is 118 Å². The number of hydrogen-bond acceptors (Lipinski definition) is 3. The van der Waals surface area contributed by atoms with Gasteiger partial charge in [0.05, 0.1) is 12.2 Å². The molecule has 2 fully saturated rings. The molecule has 3 rings (SSSR count). The van der Waals surface area contributed by atoms with Gasteiger partial charge < -0.3 is 4.90 Å². The number of halogens is 1. The van der Waals surface area contributed by atoms with Crippen LogP contribution in [0.5, 0.6) is 0 Å². The molecule has 5 heteroatoms. The van der Waals surface area contributed by atoms with Crippen molar-refractivity contribution < 1.29 is 9.18 Å². The van der Waals surface area contributed by atoms with Gasteiger partial charge in [-0.05, 0) is 38.3 Å². The summed E-state index contributed by atoms with van der Waals surface area (Å²) in [6.07, 6.45) is 4.85. The molecular formula is C15H20FN3O. The minimum atomic E-state index is -0.287. The molecule has 0 N–H and O–H groups in total. The molecule has 2 bridgehead atoms. The summed E-state index contributed by atoms with van der Waals surface area (Å²) in [6, 6.07) is 1.63. The minimum Gasteiger partial charge on any atom is -0.341 e. The summed E-state index contributed by atoms with van der Waals surface area (Å²) in [4.78, 5) is 20.3. The second-order valence-corrected chi connectivity index (χ2v) is 5.72. The van der Waals surface area contributed by atoms with Gasteiger partial charge in [0.2, 0.25) is 5.91 Å². The number of hydrogen-bond donors (Lipinski definition) is 0. The normalized spacial score (nSPS) is 26.9. The number of likely N-dealkylation sites (N-methyl/N-ethyl adjacent to an activating group) is 1. The van der Waals surface area contributed by atoms with E-state index in [1.807, 2.05) is 11.8 Å². The van der Waals surface area contributed by atoms with Gasteiger partial charge in [-0.15, -0.1) is 0 Å². The van der Waals surface area contributed by atoms with Crippen molar-refractivity contribution in [1.82, 2.24) is 14.8 Å². The highest BCUT2D eigenvalue weighted by Crippen LogP contribution is 2.31. The van der Waals surface area contributed by atoms with E-state index in [0.717, 1.165) is 32.5 Å². The Morgan fingerprint density at radius 2 is 2.35 bits per heavy atom. The molecule has 4 nitrogen and oxygen atoms in total. The summed E-state index contributed by atoms with van der Waals surface area (Å²) in [5.74, 6) is 0.527. The highest BCUT2D eigenvalue weighted by molar-refractivity contribution is 5.83. The summed E-state index contributed by atoms with van der Waals surface area (Å²) in [5.41, 5.74) is 0.625. The molecule has 2 atom stereocenters. The molecule has 0 aliphatic carbocycles. The van der Waals surface area contributed by atoms with Crippen LogP contribution >= 0.6 is 0 Å². The van der Waals surface area contributed by atoms with Crippen LogP contribution in [0.2, 0.25) is 0 Å². The highest BCUT2D eigenvalue weighted by atomic mass is 19.1. The van der Waals surface area contributed by atoms with Gasteiger partial charge in [-0.2, -0.15) is 0 Å². The Morgan fingerprint density at radius 1 is 1.50 bits per heavy atom. The van der Waals surface area contributed by atoms with Crippen LogP contribution in [-0.2, 0) is 11.3 Å². The third kappa shape index (κ3) is 2.42. The Bertz CT molecular complexity index is 508. The molecule has 3 heterocycles. The Balaban J connectivity index is 1.77. The second-order valence-electron chi connectivity index (χ2n) is 5.72. The summed E-state index contributed by atoms with van der Waals surface area (Å²) in [6.45, 7) is 5.05. The van der Waals surface area contributed by atoms with E-state index >= 15 is 0 Å². The molecule has 0 radical (unpaired) electrons. The standard InChI is InChI=1S/C15H20FN3O/c1-2-18-9-11-4-6-19(14(7-11)15(18)20)10-12-3-5-17-8-13(12)16/h3,5,8,11,14H,2,4,6-7,9-10H2,1H3/t11-,14+/m0/s1. The molecule has 1 aromatic heterocycles. The lowest BCUT2D eigenvalue weighted by Crippen LogP contribution is -2.58. The van der Waals surface area contributed by atoms with Gasteiger partial charge in [0.25, 0.3) is 0 Å². The van der Waals surface area contributed by atoms with E-state index < -0.39 is 0 Å². The van der Waals surface area contributed by atoms with E-state index in [1.54, 1.807) is 12.3 Å². The van der Waals surface area contributed by atoms with Gasteiger partial charge in [-0.25, -0.2) is 4.39 Å². The van der Waals surface area contributed by atoms with Crippen molar-refractivity contribution in [3.05, 3.63) is 29.8 Å². The smallest absolute Gasteiger partial charge is 0.239 e. The van der Waals surface area contributed by atoms with Crippen LogP contribution in [0.3, 0.4) is 0 Å². The van der Waals surface area contributed by atoms with Crippen molar-refractivity contribution in [3.63, 3.8) is 0 Å². The highest BCUT2D eigenvalue weighted by Gasteiger charge is 2.40. The summed E-state index contributed by atoms with van der Waals surface area (Å²) in [5, 5.41) is 0. The van der Waals surface area contributed by atoms with E-state index in [0.29, 0.717) is 18.0 Å². The monoisotopic (exact) mass is 277 g/mol. The SMILES string of the molecule is CCN1C[C@H]2CCN(Cc3ccncc3F)[C@H](C2)C1=O. The van der Waals surface area contributed by atoms with Crippen molar-refractivity contribution in [3.8, 4) is 0 Å². The molecule has 0 unspecified atom stereocenters. The average Bonchev–Trinajstić information content (AvgIpc) is 2.47. The van der Waals surface area contributed by atoms with Gasteiger partial charge in [-0.1, -0.05) is 0 Å². The fourth-order valence-corrected chi connectivity index (χ4v) is 3.35. The number of rotatable bonds is 3. The number of carbonyl (C=O) groups is 1. The number of piperidine rings is 2. The number of pyridine rings is 1. The van der Waals surface area contributed by atoms with E-state index in [9.17, 15) is 9.18 Å². The maximum absolute atomic E-state index is 13.7. The predicted octanol–water partition coefficient (Wildman–Crippen LogP) is 1.66. The Morgan fingerprint density at radius 3 is 3.10 bits per heavy atom. The summed E-state index contributed by atoms with van der Waals surface area (Å²) >= 11 is 0. The Kier molecular flexibility index (Phi) is 3.70. The first kappa shape index (κ1) is 13.5. The minimum absolute atomic E-state index is 0.0741. The molecule has 0 spiro atoms. The molecule has 2 aliphatic rings. The van der Waals surface area contributed by atoms with Crippen LogP contribution in [0, 0.1) is 11.7 Å². The number of amides is 1. The second kappa shape index (κ2) is 5.48. The average molecular weight is 277 g/mol. The van der Waals surface area contributed by atoms with E-state index in [4.69, 9.17) is 0 Å². The van der Waals surface area contributed by atoms with Gasteiger partial charge in [0.1, 0.15) is 5.82 Å². The van der Waals surface area contributed by atoms with Crippen LogP contribution in [-0.4, -0.2) is 46.4 Å². The number of aromatic nitrogens is 1. The molecule has 2 aliphatic heterocycles. The van der Waals surface area contributed by atoms with Crippen LogP contribution in [0.15, 0.2) is 18.5 Å². The van der Waals surface area contributed by atoms with E-state index in [-0.39, 0.29) is 17.8 Å². The predicted molar refractivity (Wildman–Crippen MR) is 73.4 cm³/mol. The van der Waals surface area contributed by atoms with Crippen molar-refractivity contribution in [1.29, 1.82) is 0 Å². The van der Waals surface area contributed by atoms with Crippen molar-refractivity contribution in [2.45, 2.75) is 32.4 Å². The molecule has 0 aromatic carbocycles. The quantitative estimate of drug-likeness (QED) is 0.843. The summed E-state index contributed by atoms with van der Waals surface area (Å²) in [7, 11) is 0. The molecule has 2 saturated heterocycles. The number of carbonyl (C=O) groups excluding carboxylic acids is 1. The lowest BCUT2D eigenvalue weighted by molar-refractivity contribution is -0.145. The van der Waals surface area contributed by atoms with E-state index in [2.05, 4.69) is 9.88 Å². The first-order valence-corrected chi connectivity index (χ1v) is 7.30. The molecule has 108 valence electrons. The van der Waals surface area contributed by atoms with Gasteiger partial charge in [0, 0.05) is 31.4 Å². The molecule has 0 saturated carbocycles. The van der Waals surface area contributed by atoms with Crippen molar-refractivity contribution in [2.75, 3.05) is 19.6 Å². The van der Waals surface area contributed by atoms with Gasteiger partial charge >= 0.3 is 0 Å². The van der Waals surface area contributed by atoms with Gasteiger partial charge in [-0.3, -0.25) is 14.7 Å². The zero-order valence-corrected chi connectivity index (χ0v) is 11.8. The molecule has 20 heavy (non-hydrogen) atoms. The molecular weight excluding hydrogens is 257 g/mol. The van der Waals surface area contributed by atoms with Crippen LogP contribution in [0.25, 0.3) is 0 Å². The third-order valence-electron chi connectivity index (χ3n) is 4.51. The zero-order valence-electron chi connectivity index (χ0n) is 11.8.